The minimum Gasteiger partial charge on any atom is -0.297 e. The van der Waals surface area contributed by atoms with E-state index in [1.54, 1.807) is 11.3 Å². The van der Waals surface area contributed by atoms with E-state index in [0.29, 0.717) is 6.04 Å². The van der Waals surface area contributed by atoms with Crippen LogP contribution in [0, 0.1) is 0 Å². The highest BCUT2D eigenvalue weighted by Crippen LogP contribution is 2.25. The zero-order valence-electron chi connectivity index (χ0n) is 13.6. The van der Waals surface area contributed by atoms with Crippen LogP contribution < -0.4 is 0 Å². The van der Waals surface area contributed by atoms with Gasteiger partial charge in [-0.1, -0.05) is 18.5 Å². The summed E-state index contributed by atoms with van der Waals surface area (Å²) in [5.74, 6) is 0. The van der Waals surface area contributed by atoms with Crippen LogP contribution >= 0.6 is 22.9 Å². The lowest BCUT2D eigenvalue weighted by Crippen LogP contribution is -2.47. The van der Waals surface area contributed by atoms with Gasteiger partial charge < -0.3 is 0 Å². The quantitative estimate of drug-likeness (QED) is 0.775. The molecule has 0 bridgehead atoms. The molecular weight excluding hydrogens is 326 g/mol. The van der Waals surface area contributed by atoms with Crippen LogP contribution in [0.15, 0.2) is 36.7 Å². The molecule has 0 radical (unpaired) electrons. The lowest BCUT2D eigenvalue weighted by Gasteiger charge is -2.39. The molecule has 1 saturated heterocycles. The fourth-order valence-electron chi connectivity index (χ4n) is 3.35. The molecule has 0 amide bonds. The molecule has 5 heteroatoms. The van der Waals surface area contributed by atoms with Crippen LogP contribution in [0.4, 0.5) is 0 Å². The van der Waals surface area contributed by atoms with E-state index >= 15 is 0 Å². The van der Waals surface area contributed by atoms with Gasteiger partial charge in [0.25, 0.3) is 0 Å². The number of likely N-dealkylation sites (tertiary alicyclic amines) is 1. The Morgan fingerprint density at radius 1 is 1.30 bits per heavy atom. The normalized spacial score (nSPS) is 19.3. The molecule has 3 nitrogen and oxygen atoms in total. The highest BCUT2D eigenvalue weighted by atomic mass is 35.5. The van der Waals surface area contributed by atoms with Gasteiger partial charge in [-0.15, -0.1) is 11.3 Å². The number of likely N-dealkylation sites (N-methyl/N-ethyl adjacent to an activating group) is 1. The van der Waals surface area contributed by atoms with Gasteiger partial charge in [-0.25, -0.2) is 0 Å². The van der Waals surface area contributed by atoms with Gasteiger partial charge in [0, 0.05) is 42.9 Å². The van der Waals surface area contributed by atoms with E-state index in [1.807, 2.05) is 18.5 Å². The fraction of sp³-hybridized carbons (Fsp3) is 0.500. The van der Waals surface area contributed by atoms with Crippen LogP contribution in [0.25, 0.3) is 0 Å². The first-order chi connectivity index (χ1) is 11.2. The average molecular weight is 350 g/mol. The summed E-state index contributed by atoms with van der Waals surface area (Å²) in [5, 5.41) is 0. The second-order valence-electron chi connectivity index (χ2n) is 6.16. The summed E-state index contributed by atoms with van der Waals surface area (Å²) < 4.78 is 0.890. The summed E-state index contributed by atoms with van der Waals surface area (Å²) in [5.41, 5.74) is 1.35. The average Bonchev–Trinajstić information content (AvgIpc) is 2.99. The van der Waals surface area contributed by atoms with E-state index < -0.39 is 0 Å². The monoisotopic (exact) mass is 349 g/mol. The SMILES string of the molecule is CCN(Cc1ccncc1)C1CCCN(Cc2ccc(Cl)s2)C1. The minimum atomic E-state index is 0.636. The number of hydrogen-bond acceptors (Lipinski definition) is 4. The molecule has 0 spiro atoms. The minimum absolute atomic E-state index is 0.636. The standard InChI is InChI=1S/C18H24ClN3S/c1-2-22(12-15-7-9-20-10-8-15)16-4-3-11-21(13-16)14-17-5-6-18(19)23-17/h5-10,16H,2-4,11-14H2,1H3. The molecule has 23 heavy (non-hydrogen) atoms. The molecule has 1 atom stereocenters. The van der Waals surface area contributed by atoms with E-state index in [-0.39, 0.29) is 0 Å². The van der Waals surface area contributed by atoms with Crippen molar-refractivity contribution in [2.45, 2.75) is 38.9 Å². The zero-order chi connectivity index (χ0) is 16.1. The molecule has 0 aromatic carbocycles. The number of aromatic nitrogens is 1. The Morgan fingerprint density at radius 2 is 2.13 bits per heavy atom. The van der Waals surface area contributed by atoms with Crippen molar-refractivity contribution in [2.24, 2.45) is 0 Å². The predicted molar refractivity (Wildman–Crippen MR) is 97.9 cm³/mol. The molecule has 0 N–H and O–H groups in total. The third kappa shape index (κ3) is 4.77. The van der Waals surface area contributed by atoms with Crippen LogP contribution in [0.2, 0.25) is 4.34 Å². The molecule has 124 valence electrons. The van der Waals surface area contributed by atoms with E-state index in [1.165, 1.54) is 29.8 Å². The maximum Gasteiger partial charge on any atom is 0.0931 e. The Labute approximate surface area is 147 Å². The van der Waals surface area contributed by atoms with Gasteiger partial charge in [-0.2, -0.15) is 0 Å². The van der Waals surface area contributed by atoms with Crippen LogP contribution in [0.3, 0.4) is 0 Å². The van der Waals surface area contributed by atoms with Gasteiger partial charge in [0.05, 0.1) is 4.34 Å². The van der Waals surface area contributed by atoms with Gasteiger partial charge in [0.2, 0.25) is 0 Å². The molecular formula is C18H24ClN3S. The van der Waals surface area contributed by atoms with Crippen LogP contribution in [-0.4, -0.2) is 40.5 Å². The summed E-state index contributed by atoms with van der Waals surface area (Å²) in [4.78, 5) is 10.7. The van der Waals surface area contributed by atoms with E-state index in [0.717, 1.165) is 30.5 Å². The summed E-state index contributed by atoms with van der Waals surface area (Å²) in [6.45, 7) is 7.74. The van der Waals surface area contributed by atoms with Crippen molar-refractivity contribution in [3.8, 4) is 0 Å². The van der Waals surface area contributed by atoms with Crippen molar-refractivity contribution in [1.29, 1.82) is 0 Å². The first-order valence-electron chi connectivity index (χ1n) is 8.34. The lowest BCUT2D eigenvalue weighted by atomic mass is 10.0. The molecule has 3 rings (SSSR count). The molecule has 0 aliphatic carbocycles. The molecule has 2 aromatic heterocycles. The van der Waals surface area contributed by atoms with Crippen molar-refractivity contribution < 1.29 is 0 Å². The van der Waals surface area contributed by atoms with Crippen molar-refractivity contribution >= 4 is 22.9 Å². The van der Waals surface area contributed by atoms with E-state index in [9.17, 15) is 0 Å². The predicted octanol–water partition coefficient (Wildman–Crippen LogP) is 4.28. The van der Waals surface area contributed by atoms with Crippen molar-refractivity contribution in [1.82, 2.24) is 14.8 Å². The van der Waals surface area contributed by atoms with Gasteiger partial charge in [0.15, 0.2) is 0 Å². The number of pyridine rings is 1. The number of nitrogens with zero attached hydrogens (tertiary/aromatic N) is 3. The third-order valence-electron chi connectivity index (χ3n) is 4.55. The molecule has 2 aromatic rings. The highest BCUT2D eigenvalue weighted by Gasteiger charge is 2.24. The first-order valence-corrected chi connectivity index (χ1v) is 9.53. The van der Waals surface area contributed by atoms with Gasteiger partial charge in [-0.3, -0.25) is 14.8 Å². The van der Waals surface area contributed by atoms with Crippen molar-refractivity contribution in [2.75, 3.05) is 19.6 Å². The summed E-state index contributed by atoms with van der Waals surface area (Å²) in [6, 6.07) is 9.04. The molecule has 1 aliphatic heterocycles. The molecule has 1 aliphatic rings. The molecule has 1 fully saturated rings. The van der Waals surface area contributed by atoms with Crippen LogP contribution in [-0.2, 0) is 13.1 Å². The second-order valence-corrected chi connectivity index (χ2v) is 7.96. The van der Waals surface area contributed by atoms with Gasteiger partial charge >= 0.3 is 0 Å². The smallest absolute Gasteiger partial charge is 0.0931 e. The number of piperidine rings is 1. The number of halogens is 1. The second kappa shape index (κ2) is 8.25. The Balaban J connectivity index is 1.59. The van der Waals surface area contributed by atoms with Gasteiger partial charge in [0.1, 0.15) is 0 Å². The molecule has 3 heterocycles. The maximum atomic E-state index is 6.06. The number of thiophene rings is 1. The molecule has 0 saturated carbocycles. The summed E-state index contributed by atoms with van der Waals surface area (Å²) >= 11 is 7.76. The third-order valence-corrected chi connectivity index (χ3v) is 5.76. The highest BCUT2D eigenvalue weighted by molar-refractivity contribution is 7.16. The first kappa shape index (κ1) is 16.9. The van der Waals surface area contributed by atoms with Crippen molar-refractivity contribution in [3.63, 3.8) is 0 Å². The topological polar surface area (TPSA) is 19.4 Å². The summed E-state index contributed by atoms with van der Waals surface area (Å²) in [7, 11) is 0. The molecule has 1 unspecified atom stereocenters. The zero-order valence-corrected chi connectivity index (χ0v) is 15.2. The van der Waals surface area contributed by atoms with Gasteiger partial charge in [-0.05, 0) is 55.8 Å². The Hall–Kier alpha value is -0.940. The summed E-state index contributed by atoms with van der Waals surface area (Å²) in [6.07, 6.45) is 6.34. The Morgan fingerprint density at radius 3 is 2.83 bits per heavy atom. The number of rotatable bonds is 6. The lowest BCUT2D eigenvalue weighted by molar-refractivity contribution is 0.0923. The maximum absolute atomic E-state index is 6.06. The van der Waals surface area contributed by atoms with Crippen molar-refractivity contribution in [3.05, 3.63) is 51.4 Å². The largest absolute Gasteiger partial charge is 0.297 e. The van der Waals surface area contributed by atoms with E-state index in [4.69, 9.17) is 11.6 Å². The van der Waals surface area contributed by atoms with Crippen LogP contribution in [0.1, 0.15) is 30.2 Å². The number of hydrogen-bond donors (Lipinski definition) is 0. The fourth-order valence-corrected chi connectivity index (χ4v) is 4.48. The van der Waals surface area contributed by atoms with E-state index in [2.05, 4.69) is 39.9 Å². The Kier molecular flexibility index (Phi) is 6.06. The Bertz CT molecular complexity index is 601. The van der Waals surface area contributed by atoms with Crippen LogP contribution in [0.5, 0.6) is 0 Å².